The lowest BCUT2D eigenvalue weighted by atomic mass is 9.99. The lowest BCUT2D eigenvalue weighted by molar-refractivity contribution is 0.102. The normalized spacial score (nSPS) is 14.6. The van der Waals surface area contributed by atoms with Gasteiger partial charge in [0, 0.05) is 59.8 Å². The van der Waals surface area contributed by atoms with E-state index in [0.29, 0.717) is 59.0 Å². The van der Waals surface area contributed by atoms with Crippen molar-refractivity contribution >= 4 is 22.5 Å². The molecule has 0 saturated carbocycles. The van der Waals surface area contributed by atoms with E-state index in [9.17, 15) is 14.0 Å². The summed E-state index contributed by atoms with van der Waals surface area (Å²) in [5, 5.41) is 3.20. The molecule has 1 amide bonds. The summed E-state index contributed by atoms with van der Waals surface area (Å²) in [6.07, 6.45) is 6.02. The van der Waals surface area contributed by atoms with Gasteiger partial charge < -0.3 is 24.3 Å². The van der Waals surface area contributed by atoms with Crippen LogP contribution in [-0.4, -0.2) is 60.3 Å². The smallest absolute Gasteiger partial charge is 0.271 e. The summed E-state index contributed by atoms with van der Waals surface area (Å²) in [5.41, 5.74) is 0.844. The van der Waals surface area contributed by atoms with Crippen molar-refractivity contribution in [2.24, 2.45) is 5.92 Å². The van der Waals surface area contributed by atoms with E-state index < -0.39 is 23.1 Å². The second-order valence-corrected chi connectivity index (χ2v) is 12.5. The molecule has 0 unspecified atom stereocenters. The number of amides is 1. The molecule has 10 nitrogen and oxygen atoms in total. The first-order valence-corrected chi connectivity index (χ1v) is 16.6. The largest absolute Gasteiger partial charge is 0.493 e. The highest BCUT2D eigenvalue weighted by molar-refractivity contribution is 6.06. The Labute approximate surface area is 287 Å². The Morgan fingerprint density at radius 1 is 1.00 bits per heavy atom. The molecule has 7 rings (SSSR count). The number of pyridine rings is 2. The van der Waals surface area contributed by atoms with Crippen LogP contribution in [0.5, 0.6) is 28.7 Å². The number of hydrogen-bond acceptors (Lipinski definition) is 8. The number of ether oxygens (including phenoxy) is 4. The molecule has 12 heteroatoms. The molecule has 258 valence electrons. The van der Waals surface area contributed by atoms with Gasteiger partial charge in [-0.15, -0.1) is 0 Å². The predicted octanol–water partition coefficient (Wildman–Crippen LogP) is 6.76. The van der Waals surface area contributed by atoms with Crippen molar-refractivity contribution in [2.75, 3.05) is 45.3 Å². The van der Waals surface area contributed by atoms with Crippen LogP contribution in [0.25, 0.3) is 16.6 Å². The number of hydrogen-bond donors (Lipinski definition) is 1. The minimum absolute atomic E-state index is 0.0896. The highest BCUT2D eigenvalue weighted by atomic mass is 19.1. The van der Waals surface area contributed by atoms with Crippen LogP contribution in [0.4, 0.5) is 14.5 Å². The van der Waals surface area contributed by atoms with Crippen LogP contribution in [0.2, 0.25) is 0 Å². The third kappa shape index (κ3) is 6.84. The minimum Gasteiger partial charge on any atom is -0.493 e. The van der Waals surface area contributed by atoms with E-state index in [0.717, 1.165) is 31.6 Å². The molecule has 0 spiro atoms. The number of likely N-dealkylation sites (tertiary alicyclic amines) is 1. The Bertz CT molecular complexity index is 2110. The number of rotatable bonds is 10. The molecule has 4 heterocycles. The average molecular weight is 683 g/mol. The van der Waals surface area contributed by atoms with Gasteiger partial charge in [-0.05, 0) is 80.4 Å². The van der Waals surface area contributed by atoms with Gasteiger partial charge in [0.15, 0.2) is 23.1 Å². The van der Waals surface area contributed by atoms with Crippen molar-refractivity contribution in [2.45, 2.75) is 26.2 Å². The first-order valence-electron chi connectivity index (χ1n) is 16.6. The minimum atomic E-state index is -0.770. The van der Waals surface area contributed by atoms with Crippen LogP contribution < -0.4 is 29.8 Å². The quantitative estimate of drug-likeness (QED) is 0.172. The van der Waals surface area contributed by atoms with Crippen LogP contribution in [0.3, 0.4) is 0 Å². The molecule has 50 heavy (non-hydrogen) atoms. The summed E-state index contributed by atoms with van der Waals surface area (Å²) < 4.78 is 53.6. The van der Waals surface area contributed by atoms with Crippen molar-refractivity contribution in [3.8, 4) is 34.4 Å². The number of piperidine rings is 1. The second kappa shape index (κ2) is 14.2. The molecule has 0 atom stereocenters. The van der Waals surface area contributed by atoms with Crippen molar-refractivity contribution < 1.29 is 32.5 Å². The fourth-order valence-electron chi connectivity index (χ4n) is 6.28. The van der Waals surface area contributed by atoms with E-state index in [-0.39, 0.29) is 22.7 Å². The topological polar surface area (TPSA) is 104 Å². The number of benzene rings is 3. The molecule has 2 aromatic heterocycles. The lowest BCUT2D eigenvalue weighted by Crippen LogP contribution is -2.35. The number of halogens is 2. The van der Waals surface area contributed by atoms with E-state index in [1.54, 1.807) is 37.7 Å². The molecule has 2 aliphatic heterocycles. The van der Waals surface area contributed by atoms with Crippen LogP contribution in [0.15, 0.2) is 77.9 Å². The van der Waals surface area contributed by atoms with E-state index in [1.165, 1.54) is 53.8 Å². The summed E-state index contributed by atoms with van der Waals surface area (Å²) in [6.45, 7) is 6.03. The fraction of sp³-hybridized carbons (Fsp3) is 0.289. The molecule has 5 aromatic rings. The second-order valence-electron chi connectivity index (χ2n) is 12.5. The number of carbonyl (C=O) groups excluding carboxylic acids is 1. The van der Waals surface area contributed by atoms with Crippen molar-refractivity contribution in [3.05, 3.63) is 106 Å². The predicted molar refractivity (Wildman–Crippen MR) is 184 cm³/mol. The van der Waals surface area contributed by atoms with Crippen molar-refractivity contribution in [1.29, 1.82) is 0 Å². The van der Waals surface area contributed by atoms with Gasteiger partial charge in [0.05, 0.1) is 19.2 Å². The zero-order chi connectivity index (χ0) is 34.8. The Balaban J connectivity index is 1.08. The summed E-state index contributed by atoms with van der Waals surface area (Å²) in [4.78, 5) is 33.8. The Hall–Kier alpha value is -5.49. The number of anilines is 1. The fourth-order valence-corrected chi connectivity index (χ4v) is 6.28. The summed E-state index contributed by atoms with van der Waals surface area (Å²) >= 11 is 0. The van der Waals surface area contributed by atoms with Crippen LogP contribution in [0.1, 0.15) is 35.7 Å². The van der Waals surface area contributed by atoms with Crippen molar-refractivity contribution in [1.82, 2.24) is 14.5 Å². The number of nitrogens with one attached hydrogen (secondary N) is 1. The van der Waals surface area contributed by atoms with E-state index >= 15 is 4.39 Å². The van der Waals surface area contributed by atoms with Gasteiger partial charge in [0.1, 0.15) is 29.5 Å². The average Bonchev–Trinajstić information content (AvgIpc) is 3.58. The van der Waals surface area contributed by atoms with Crippen LogP contribution in [0, 0.1) is 17.6 Å². The summed E-state index contributed by atoms with van der Waals surface area (Å²) in [6, 6.07) is 14.5. The summed E-state index contributed by atoms with van der Waals surface area (Å²) in [5.74, 6) is 0.272. The monoisotopic (exact) mass is 682 g/mol. The molecule has 0 radical (unpaired) electrons. The van der Waals surface area contributed by atoms with E-state index in [1.807, 2.05) is 0 Å². The standard InChI is InChI=1S/C38H36F2N4O6/c1-23-10-14-43(15-11-23)16-18-48-34-21-30-28(20-33(34)47-2)31(9-13-41-30)50-32-8-5-26(19-29(32)40)42-37(45)35-36-24(12-17-49-36)22-44(38(35)46)27-6-3-25(39)4-7-27/h3-9,13,19-23H,10-12,14-18H2,1-2H3,(H,42,45). The van der Waals surface area contributed by atoms with Crippen LogP contribution in [-0.2, 0) is 6.42 Å². The Morgan fingerprint density at radius 2 is 1.80 bits per heavy atom. The molecular weight excluding hydrogens is 646 g/mol. The highest BCUT2D eigenvalue weighted by Crippen LogP contribution is 2.38. The third-order valence-corrected chi connectivity index (χ3v) is 9.12. The molecule has 0 aliphatic carbocycles. The third-order valence-electron chi connectivity index (χ3n) is 9.12. The van der Waals surface area contributed by atoms with E-state index in [2.05, 4.69) is 22.1 Å². The zero-order valence-corrected chi connectivity index (χ0v) is 27.7. The molecule has 2 aliphatic rings. The van der Waals surface area contributed by atoms with Gasteiger partial charge >= 0.3 is 0 Å². The van der Waals surface area contributed by atoms with Gasteiger partial charge in [-0.3, -0.25) is 24.0 Å². The molecular formula is C38H36F2N4O6. The van der Waals surface area contributed by atoms with E-state index in [4.69, 9.17) is 18.9 Å². The van der Waals surface area contributed by atoms with Crippen LogP contribution >= 0.6 is 0 Å². The molecule has 1 N–H and O–H groups in total. The van der Waals surface area contributed by atoms with Gasteiger partial charge in [0.2, 0.25) is 0 Å². The van der Waals surface area contributed by atoms with Gasteiger partial charge in [-0.25, -0.2) is 8.78 Å². The highest BCUT2D eigenvalue weighted by Gasteiger charge is 2.27. The maximum atomic E-state index is 15.5. The lowest BCUT2D eigenvalue weighted by Gasteiger charge is -2.30. The van der Waals surface area contributed by atoms with Gasteiger partial charge in [-0.1, -0.05) is 6.92 Å². The summed E-state index contributed by atoms with van der Waals surface area (Å²) in [7, 11) is 1.55. The zero-order valence-electron chi connectivity index (χ0n) is 27.7. The Kier molecular flexibility index (Phi) is 9.36. The molecule has 1 fully saturated rings. The number of methoxy groups -OCH3 is 1. The maximum absolute atomic E-state index is 15.5. The number of aromatic nitrogens is 2. The molecule has 1 saturated heterocycles. The van der Waals surface area contributed by atoms with Gasteiger partial charge in [0.25, 0.3) is 11.5 Å². The van der Waals surface area contributed by atoms with Crippen molar-refractivity contribution in [3.63, 3.8) is 0 Å². The Morgan fingerprint density at radius 3 is 2.56 bits per heavy atom. The SMILES string of the molecule is COc1cc2c(Oc3ccc(NC(=O)c4c5c(cn(-c6ccc(F)cc6)c4=O)CCO5)cc3F)ccnc2cc1OCCN1CCC(C)CC1. The number of nitrogens with zero attached hydrogens (tertiary/aromatic N) is 3. The number of fused-ring (bicyclic) bond motifs is 2. The number of carbonyl (C=O) groups is 1. The first-order chi connectivity index (χ1) is 24.3. The molecule has 0 bridgehead atoms. The maximum Gasteiger partial charge on any atom is 0.271 e. The molecule has 3 aromatic carbocycles. The first kappa shape index (κ1) is 33.0. The van der Waals surface area contributed by atoms with Gasteiger partial charge in [-0.2, -0.15) is 0 Å².